The highest BCUT2D eigenvalue weighted by molar-refractivity contribution is 6.12. The van der Waals surface area contributed by atoms with Crippen LogP contribution in [-0.4, -0.2) is 29.5 Å². The predicted molar refractivity (Wildman–Crippen MR) is 293 cm³/mol. The van der Waals surface area contributed by atoms with Gasteiger partial charge in [0, 0.05) is 44.2 Å². The quantitative estimate of drug-likeness (QED) is 0.135. The van der Waals surface area contributed by atoms with Gasteiger partial charge in [-0.05, 0) is 120 Å². The summed E-state index contributed by atoms with van der Waals surface area (Å²) >= 11 is 0. The first-order valence-electron chi connectivity index (χ1n) is 24.7. The van der Waals surface area contributed by atoms with Crippen molar-refractivity contribution >= 4 is 21.8 Å². The molecule has 12 heteroatoms. The number of rotatable bonds is 9. The van der Waals surface area contributed by atoms with E-state index in [0.717, 1.165) is 46.5 Å². The van der Waals surface area contributed by atoms with Crippen molar-refractivity contribution in [1.82, 2.24) is 29.5 Å². The minimum absolute atomic E-state index is 0.361. The number of nitrogens with zero attached hydrogens (tertiary/aromatic N) is 6. The Labute approximate surface area is 438 Å². The molecule has 9 aromatic carbocycles. The number of alkyl halides is 6. The highest BCUT2D eigenvalue weighted by Crippen LogP contribution is 2.43. The third-order valence-electron chi connectivity index (χ3n) is 13.5. The molecule has 0 aliphatic rings. The summed E-state index contributed by atoms with van der Waals surface area (Å²) in [4.78, 5) is 25.5. The Morgan fingerprint density at radius 3 is 1.14 bits per heavy atom. The standard InChI is InChI=1S/C65H42F6N6/c1-39-29-48(33-50(31-39)64(66,67)68)45-23-26-57-52(35-45)53-36-46(49-30-40(2)32-51(34-49)65(69,70)71)24-27-58(53)77(57)59-28-25-47(63-75-61(43-19-11-5-12-20-43)74-62(76-63)44-21-13-6-14-22-44)37-54(59)56-38-55(41-15-7-3-8-16-41)72-60(73-56)42-17-9-4-10-18-42/h3-38H,1-2H3. The van der Waals surface area contributed by atoms with Crippen molar-refractivity contribution in [3.8, 4) is 96.0 Å². The molecule has 0 amide bonds. The first kappa shape index (κ1) is 48.4. The number of benzene rings is 9. The van der Waals surface area contributed by atoms with Crippen LogP contribution in [-0.2, 0) is 12.4 Å². The van der Waals surface area contributed by atoms with Gasteiger partial charge in [0.05, 0.1) is 39.2 Å². The zero-order chi connectivity index (χ0) is 53.0. The van der Waals surface area contributed by atoms with E-state index in [0.29, 0.717) is 107 Å². The van der Waals surface area contributed by atoms with Crippen LogP contribution >= 0.6 is 0 Å². The molecule has 0 radical (unpaired) electrons. The number of aryl methyl sites for hydroxylation is 2. The molecule has 0 N–H and O–H groups in total. The van der Waals surface area contributed by atoms with Crippen LogP contribution in [0.25, 0.3) is 118 Å². The van der Waals surface area contributed by atoms with E-state index in [4.69, 9.17) is 24.9 Å². The lowest BCUT2D eigenvalue weighted by molar-refractivity contribution is -0.138. The smallest absolute Gasteiger partial charge is 0.309 e. The van der Waals surface area contributed by atoms with Gasteiger partial charge in [-0.3, -0.25) is 0 Å². The average Bonchev–Trinajstić information content (AvgIpc) is 3.99. The van der Waals surface area contributed by atoms with Crippen LogP contribution in [0.1, 0.15) is 22.3 Å². The van der Waals surface area contributed by atoms with Crippen molar-refractivity contribution in [2.75, 3.05) is 0 Å². The zero-order valence-electron chi connectivity index (χ0n) is 41.2. The Morgan fingerprint density at radius 2 is 0.701 bits per heavy atom. The second kappa shape index (κ2) is 19.3. The molecule has 0 saturated carbocycles. The minimum Gasteiger partial charge on any atom is -0.309 e. The van der Waals surface area contributed by atoms with Gasteiger partial charge in [-0.1, -0.05) is 146 Å². The predicted octanol–water partition coefficient (Wildman–Crippen LogP) is 17.7. The Hall–Kier alpha value is -9.55. The summed E-state index contributed by atoms with van der Waals surface area (Å²) in [5, 5.41) is 1.31. The largest absolute Gasteiger partial charge is 0.416 e. The van der Waals surface area contributed by atoms with Gasteiger partial charge in [-0.2, -0.15) is 26.3 Å². The van der Waals surface area contributed by atoms with Gasteiger partial charge in [-0.25, -0.2) is 24.9 Å². The van der Waals surface area contributed by atoms with Gasteiger partial charge >= 0.3 is 12.4 Å². The summed E-state index contributed by atoms with van der Waals surface area (Å²) in [7, 11) is 0. The van der Waals surface area contributed by atoms with E-state index >= 15 is 0 Å². The number of hydrogen-bond donors (Lipinski definition) is 0. The summed E-state index contributed by atoms with van der Waals surface area (Å²) in [6.07, 6.45) is -9.17. The molecule has 3 aromatic heterocycles. The lowest BCUT2D eigenvalue weighted by atomic mass is 9.96. The van der Waals surface area contributed by atoms with Crippen molar-refractivity contribution in [3.05, 3.63) is 241 Å². The maximum Gasteiger partial charge on any atom is 0.416 e. The molecule has 0 fully saturated rings. The molecule has 77 heavy (non-hydrogen) atoms. The molecule has 0 unspecified atom stereocenters. The average molecular weight is 1020 g/mol. The highest BCUT2D eigenvalue weighted by atomic mass is 19.4. The van der Waals surface area contributed by atoms with Crippen LogP contribution in [0, 0.1) is 13.8 Å². The Balaban J connectivity index is 1.15. The van der Waals surface area contributed by atoms with Gasteiger partial charge in [0.1, 0.15) is 0 Å². The van der Waals surface area contributed by atoms with Crippen LogP contribution in [0.2, 0.25) is 0 Å². The molecule has 374 valence electrons. The molecule has 3 heterocycles. The monoisotopic (exact) mass is 1020 g/mol. The lowest BCUT2D eigenvalue weighted by Crippen LogP contribution is -2.05. The van der Waals surface area contributed by atoms with Gasteiger partial charge < -0.3 is 4.57 Å². The number of fused-ring (bicyclic) bond motifs is 3. The topological polar surface area (TPSA) is 69.4 Å². The van der Waals surface area contributed by atoms with Crippen LogP contribution in [0.4, 0.5) is 26.3 Å². The van der Waals surface area contributed by atoms with E-state index in [1.165, 1.54) is 0 Å². The maximum atomic E-state index is 14.3. The summed E-state index contributed by atoms with van der Waals surface area (Å²) < 4.78 is 87.9. The molecule has 6 nitrogen and oxygen atoms in total. The number of aromatic nitrogens is 6. The van der Waals surface area contributed by atoms with Gasteiger partial charge in [0.2, 0.25) is 0 Å². The van der Waals surface area contributed by atoms with E-state index in [1.807, 2.05) is 170 Å². The van der Waals surface area contributed by atoms with Crippen LogP contribution in [0.15, 0.2) is 218 Å². The van der Waals surface area contributed by atoms with Gasteiger partial charge in [-0.15, -0.1) is 0 Å². The molecule has 0 spiro atoms. The Kier molecular flexibility index (Phi) is 12.1. The fourth-order valence-electron chi connectivity index (χ4n) is 9.94. The number of hydrogen-bond acceptors (Lipinski definition) is 5. The lowest BCUT2D eigenvalue weighted by Gasteiger charge is -2.17. The van der Waals surface area contributed by atoms with E-state index in [1.54, 1.807) is 38.1 Å². The second-order valence-corrected chi connectivity index (χ2v) is 18.9. The van der Waals surface area contributed by atoms with Crippen molar-refractivity contribution in [1.29, 1.82) is 0 Å². The Morgan fingerprint density at radius 1 is 0.312 bits per heavy atom. The first-order valence-corrected chi connectivity index (χ1v) is 24.7. The van der Waals surface area contributed by atoms with E-state index in [9.17, 15) is 26.3 Å². The summed E-state index contributed by atoms with van der Waals surface area (Å²) in [6.45, 7) is 3.25. The molecule has 0 aliphatic carbocycles. The zero-order valence-corrected chi connectivity index (χ0v) is 41.2. The molecule has 12 aromatic rings. The SMILES string of the molecule is Cc1cc(-c2ccc3c(c2)c2cc(-c4cc(C)cc(C(F)(F)F)c4)ccc2n3-c2ccc(-c3nc(-c4ccccc4)nc(-c4ccccc4)n3)cc2-c2cc(-c3ccccc3)nc(-c3ccccc3)n2)cc(C(F)(F)F)c1. The van der Waals surface area contributed by atoms with Gasteiger partial charge in [0.15, 0.2) is 23.3 Å². The fraction of sp³-hybridized carbons (Fsp3) is 0.0615. The van der Waals surface area contributed by atoms with Crippen LogP contribution in [0.5, 0.6) is 0 Å². The molecule has 0 aliphatic heterocycles. The first-order chi connectivity index (χ1) is 37.2. The minimum atomic E-state index is -4.59. The molecular weight excluding hydrogens is 979 g/mol. The van der Waals surface area contributed by atoms with Crippen molar-refractivity contribution < 1.29 is 26.3 Å². The fourth-order valence-corrected chi connectivity index (χ4v) is 9.94. The van der Waals surface area contributed by atoms with Crippen LogP contribution in [0.3, 0.4) is 0 Å². The maximum absolute atomic E-state index is 14.3. The Bertz CT molecular complexity index is 3960. The third-order valence-corrected chi connectivity index (χ3v) is 13.5. The van der Waals surface area contributed by atoms with E-state index in [2.05, 4.69) is 4.57 Å². The summed E-state index contributed by atoms with van der Waals surface area (Å²) in [5.41, 5.74) is 8.85. The second-order valence-electron chi connectivity index (χ2n) is 18.9. The third kappa shape index (κ3) is 9.61. The normalized spacial score (nSPS) is 11.9. The molecule has 0 atom stereocenters. The molecule has 0 saturated heterocycles. The highest BCUT2D eigenvalue weighted by Gasteiger charge is 2.32. The molecule has 12 rings (SSSR count). The van der Waals surface area contributed by atoms with Crippen molar-refractivity contribution in [2.45, 2.75) is 26.2 Å². The molecular formula is C65H42F6N6. The summed E-state index contributed by atoms with van der Waals surface area (Å²) in [6, 6.07) is 65.7. The molecule has 0 bridgehead atoms. The van der Waals surface area contributed by atoms with Gasteiger partial charge in [0.25, 0.3) is 0 Å². The number of halogens is 6. The summed E-state index contributed by atoms with van der Waals surface area (Å²) in [5.74, 6) is 1.82. The van der Waals surface area contributed by atoms with Crippen LogP contribution < -0.4 is 0 Å². The van der Waals surface area contributed by atoms with E-state index in [-0.39, 0.29) is 0 Å². The van der Waals surface area contributed by atoms with Crippen molar-refractivity contribution in [3.63, 3.8) is 0 Å². The van der Waals surface area contributed by atoms with E-state index < -0.39 is 23.5 Å². The van der Waals surface area contributed by atoms with Crippen molar-refractivity contribution in [2.24, 2.45) is 0 Å².